The van der Waals surface area contributed by atoms with Crippen LogP contribution in [0.15, 0.2) is 53.7 Å². The van der Waals surface area contributed by atoms with Gasteiger partial charge in [-0.3, -0.25) is 19.1 Å². The molecule has 0 aliphatic carbocycles. The number of hydrogen-bond donors (Lipinski definition) is 1. The second-order valence-electron chi connectivity index (χ2n) is 6.11. The number of aryl methyl sites for hydroxylation is 1. The first-order valence-electron chi connectivity index (χ1n) is 8.35. The first kappa shape index (κ1) is 18.3. The Morgan fingerprint density at radius 2 is 2.11 bits per heavy atom. The van der Waals surface area contributed by atoms with E-state index in [9.17, 15) is 9.59 Å². The van der Waals surface area contributed by atoms with Gasteiger partial charge in [0.1, 0.15) is 22.5 Å². The minimum Gasteiger partial charge on any atom is -0.324 e. The summed E-state index contributed by atoms with van der Waals surface area (Å²) in [6.07, 6.45) is 3.01. The van der Waals surface area contributed by atoms with Gasteiger partial charge >= 0.3 is 0 Å². The first-order chi connectivity index (χ1) is 13.5. The summed E-state index contributed by atoms with van der Waals surface area (Å²) < 4.78 is 5.97. The Bertz CT molecular complexity index is 1240. The number of carbonyl (C=O) groups excluding carboxylic acids is 1. The molecule has 3 aromatic heterocycles. The average molecular weight is 412 g/mol. The normalized spacial score (nSPS) is 10.9. The quantitative estimate of drug-likeness (QED) is 0.555. The molecular formula is C19H14ClN5O2S. The van der Waals surface area contributed by atoms with E-state index in [0.29, 0.717) is 32.3 Å². The van der Waals surface area contributed by atoms with Gasteiger partial charge in [0.2, 0.25) is 5.91 Å². The maximum atomic E-state index is 12.8. The number of fused-ring (bicyclic) bond motifs is 1. The van der Waals surface area contributed by atoms with E-state index in [0.717, 1.165) is 17.1 Å². The Hall–Kier alpha value is -3.10. The predicted octanol–water partition coefficient (Wildman–Crippen LogP) is 3.52. The van der Waals surface area contributed by atoms with Crippen molar-refractivity contribution in [3.05, 3.63) is 69.9 Å². The molecule has 0 radical (unpaired) electrons. The summed E-state index contributed by atoms with van der Waals surface area (Å²) >= 11 is 7.03. The number of nitrogens with one attached hydrogen (secondary N) is 1. The van der Waals surface area contributed by atoms with Crippen LogP contribution in [-0.2, 0) is 11.3 Å². The number of pyridine rings is 1. The molecule has 1 N–H and O–H groups in total. The number of anilines is 1. The summed E-state index contributed by atoms with van der Waals surface area (Å²) in [4.78, 5) is 33.7. The number of carbonyl (C=O) groups is 1. The van der Waals surface area contributed by atoms with E-state index in [1.54, 1.807) is 24.4 Å². The zero-order valence-electron chi connectivity index (χ0n) is 14.7. The first-order valence-corrected chi connectivity index (χ1v) is 9.50. The Morgan fingerprint density at radius 1 is 1.25 bits per heavy atom. The van der Waals surface area contributed by atoms with E-state index in [-0.39, 0.29) is 18.0 Å². The molecule has 4 aromatic rings. The minimum absolute atomic E-state index is 0.162. The highest BCUT2D eigenvalue weighted by molar-refractivity contribution is 7.13. The number of nitrogens with zero attached hydrogens (tertiary/aromatic N) is 4. The maximum Gasteiger partial charge on any atom is 0.273 e. The fraction of sp³-hybridized carbons (Fsp3) is 0.105. The van der Waals surface area contributed by atoms with Gasteiger partial charge in [-0.1, -0.05) is 23.7 Å². The van der Waals surface area contributed by atoms with Crippen molar-refractivity contribution in [2.45, 2.75) is 13.5 Å². The van der Waals surface area contributed by atoms with Crippen molar-refractivity contribution in [1.82, 2.24) is 18.9 Å². The molecule has 7 nitrogen and oxygen atoms in total. The average Bonchev–Trinajstić information content (AvgIpc) is 3.12. The molecule has 140 valence electrons. The van der Waals surface area contributed by atoms with Crippen LogP contribution in [0.2, 0.25) is 5.02 Å². The van der Waals surface area contributed by atoms with Crippen molar-refractivity contribution in [1.29, 1.82) is 0 Å². The predicted molar refractivity (Wildman–Crippen MR) is 110 cm³/mol. The molecule has 0 spiro atoms. The van der Waals surface area contributed by atoms with Crippen molar-refractivity contribution in [2.24, 2.45) is 0 Å². The van der Waals surface area contributed by atoms with Crippen LogP contribution < -0.4 is 10.9 Å². The second-order valence-corrected chi connectivity index (χ2v) is 7.32. The van der Waals surface area contributed by atoms with Crippen LogP contribution in [-0.4, -0.2) is 24.8 Å². The van der Waals surface area contributed by atoms with Crippen LogP contribution >= 0.6 is 23.1 Å². The van der Waals surface area contributed by atoms with Gasteiger partial charge in [-0.05, 0) is 48.3 Å². The maximum absolute atomic E-state index is 12.8. The number of benzene rings is 1. The van der Waals surface area contributed by atoms with E-state index in [1.807, 2.05) is 25.1 Å². The Kier molecular flexibility index (Phi) is 4.89. The van der Waals surface area contributed by atoms with Crippen molar-refractivity contribution in [2.75, 3.05) is 5.32 Å². The number of amides is 1. The van der Waals surface area contributed by atoms with Gasteiger partial charge < -0.3 is 5.32 Å². The minimum atomic E-state index is -0.344. The summed E-state index contributed by atoms with van der Waals surface area (Å²) in [6, 6.07) is 10.7. The lowest BCUT2D eigenvalue weighted by molar-refractivity contribution is -0.116. The molecule has 0 bridgehead atoms. The summed E-state index contributed by atoms with van der Waals surface area (Å²) in [7, 11) is 0. The van der Waals surface area contributed by atoms with Gasteiger partial charge in [-0.25, -0.2) is 4.98 Å². The molecule has 1 amide bonds. The second kappa shape index (κ2) is 7.49. The fourth-order valence-corrected chi connectivity index (χ4v) is 3.68. The number of hydrogen-bond acceptors (Lipinski definition) is 6. The Morgan fingerprint density at radius 3 is 2.89 bits per heavy atom. The molecule has 0 aliphatic heterocycles. The van der Waals surface area contributed by atoms with Crippen LogP contribution in [0.25, 0.3) is 21.6 Å². The van der Waals surface area contributed by atoms with E-state index in [4.69, 9.17) is 11.6 Å². The van der Waals surface area contributed by atoms with E-state index < -0.39 is 0 Å². The van der Waals surface area contributed by atoms with Gasteiger partial charge in [0, 0.05) is 16.9 Å². The van der Waals surface area contributed by atoms with E-state index >= 15 is 0 Å². The highest BCUT2D eigenvalue weighted by Crippen LogP contribution is 2.25. The molecule has 3 heterocycles. The van der Waals surface area contributed by atoms with Crippen LogP contribution in [0, 0.1) is 6.92 Å². The highest BCUT2D eigenvalue weighted by atomic mass is 35.5. The molecular weight excluding hydrogens is 398 g/mol. The lowest BCUT2D eigenvalue weighted by atomic mass is 10.2. The Balaban J connectivity index is 1.61. The molecule has 0 fully saturated rings. The third kappa shape index (κ3) is 3.51. The molecule has 4 rings (SSSR count). The third-order valence-electron chi connectivity index (χ3n) is 4.14. The highest BCUT2D eigenvalue weighted by Gasteiger charge is 2.16. The van der Waals surface area contributed by atoms with Crippen molar-refractivity contribution in [3.8, 4) is 11.4 Å². The Labute approximate surface area is 168 Å². The fourth-order valence-electron chi connectivity index (χ4n) is 2.71. The molecule has 28 heavy (non-hydrogen) atoms. The van der Waals surface area contributed by atoms with Gasteiger partial charge in [-0.2, -0.15) is 4.37 Å². The molecule has 0 atom stereocenters. The van der Waals surface area contributed by atoms with Crippen LogP contribution in [0.4, 0.5) is 5.69 Å². The lowest BCUT2D eigenvalue weighted by Gasteiger charge is -2.10. The van der Waals surface area contributed by atoms with Crippen molar-refractivity contribution < 1.29 is 4.79 Å². The smallest absolute Gasteiger partial charge is 0.273 e. The van der Waals surface area contributed by atoms with Gasteiger partial charge in [0.05, 0.1) is 12.0 Å². The van der Waals surface area contributed by atoms with Gasteiger partial charge in [0.25, 0.3) is 5.56 Å². The number of aromatic nitrogens is 4. The molecule has 1 aromatic carbocycles. The number of rotatable bonds is 4. The molecule has 0 aliphatic rings. The summed E-state index contributed by atoms with van der Waals surface area (Å²) in [5, 5.41) is 3.29. The standard InChI is InChI=1S/C19H14ClN5O2S/c1-11-5-6-12(20)8-14(11)23-15(26)9-25-10-22-17-16(13-4-2-3-7-21-13)24-28-18(17)19(25)27/h2-8,10H,9H2,1H3,(H,23,26). The number of halogens is 1. The summed E-state index contributed by atoms with van der Waals surface area (Å²) in [5.41, 5.74) is 2.85. The van der Waals surface area contributed by atoms with Crippen LogP contribution in [0.3, 0.4) is 0 Å². The molecule has 0 saturated carbocycles. The molecule has 9 heteroatoms. The summed E-state index contributed by atoms with van der Waals surface area (Å²) in [5.74, 6) is -0.344. The van der Waals surface area contributed by atoms with Crippen LogP contribution in [0.1, 0.15) is 5.56 Å². The monoisotopic (exact) mass is 411 g/mol. The zero-order valence-corrected chi connectivity index (χ0v) is 16.3. The molecule has 0 unspecified atom stereocenters. The van der Waals surface area contributed by atoms with Crippen LogP contribution in [0.5, 0.6) is 0 Å². The van der Waals surface area contributed by atoms with Crippen molar-refractivity contribution >= 4 is 44.9 Å². The third-order valence-corrected chi connectivity index (χ3v) is 5.20. The van der Waals surface area contributed by atoms with Gasteiger partial charge in [-0.15, -0.1) is 0 Å². The zero-order chi connectivity index (χ0) is 19.7. The van der Waals surface area contributed by atoms with E-state index in [1.165, 1.54) is 10.9 Å². The van der Waals surface area contributed by atoms with E-state index in [2.05, 4.69) is 19.7 Å². The van der Waals surface area contributed by atoms with Gasteiger partial charge in [0.15, 0.2) is 0 Å². The molecule has 0 saturated heterocycles. The summed E-state index contributed by atoms with van der Waals surface area (Å²) in [6.45, 7) is 1.70. The topological polar surface area (TPSA) is 89.8 Å². The largest absolute Gasteiger partial charge is 0.324 e. The lowest BCUT2D eigenvalue weighted by Crippen LogP contribution is -2.27. The SMILES string of the molecule is Cc1ccc(Cl)cc1NC(=O)Cn1cnc2c(-c3ccccn3)nsc2c1=O. The van der Waals surface area contributed by atoms with Crippen molar-refractivity contribution in [3.63, 3.8) is 0 Å².